The Kier molecular flexibility index (Phi) is 5.28. The number of nitrogens with one attached hydrogen (secondary N) is 1. The van der Waals surface area contributed by atoms with Gasteiger partial charge < -0.3 is 19.9 Å². The number of nitrogens with zero attached hydrogens (tertiary/aromatic N) is 1. The highest BCUT2D eigenvalue weighted by molar-refractivity contribution is 5.86. The van der Waals surface area contributed by atoms with E-state index in [0.29, 0.717) is 0 Å². The van der Waals surface area contributed by atoms with Crippen LogP contribution in [0.4, 0.5) is 5.69 Å². The van der Waals surface area contributed by atoms with E-state index in [1.807, 2.05) is 0 Å². The second kappa shape index (κ2) is 6.74. The molecule has 0 atom stereocenters. The summed E-state index contributed by atoms with van der Waals surface area (Å²) in [6.45, 7) is 2.24. The van der Waals surface area contributed by atoms with Gasteiger partial charge in [-0.1, -0.05) is 0 Å². The summed E-state index contributed by atoms with van der Waals surface area (Å²) in [4.78, 5) is 32.6. The number of carbonyl (C=O) groups excluding carboxylic acids is 1. The first-order chi connectivity index (χ1) is 10.2. The van der Waals surface area contributed by atoms with Gasteiger partial charge in [0, 0.05) is 12.1 Å². The first kappa shape index (κ1) is 17.2. The first-order valence-electron chi connectivity index (χ1n) is 6.17. The molecule has 1 amide bonds. The molecule has 0 radical (unpaired) electrons. The van der Waals surface area contributed by atoms with Gasteiger partial charge in [0.25, 0.3) is 5.91 Å². The lowest BCUT2D eigenvalue weighted by Gasteiger charge is -2.20. The second-order valence-electron chi connectivity index (χ2n) is 4.86. The fourth-order valence-electron chi connectivity index (χ4n) is 1.49. The van der Waals surface area contributed by atoms with Gasteiger partial charge in [0.1, 0.15) is 11.3 Å². The average Bonchev–Trinajstić information content (AvgIpc) is 2.43. The average molecular weight is 312 g/mol. The summed E-state index contributed by atoms with van der Waals surface area (Å²) in [6, 6.07) is 3.78. The SMILES string of the molecule is COc1cc(OCC(=O)NC(C)(C)C(=O)O)ccc1[N+](=O)[O-]. The molecule has 9 nitrogen and oxygen atoms in total. The molecule has 0 heterocycles. The normalized spacial score (nSPS) is 10.7. The van der Waals surface area contributed by atoms with E-state index < -0.39 is 28.9 Å². The molecule has 0 aliphatic rings. The van der Waals surface area contributed by atoms with Crippen LogP contribution in [-0.4, -0.2) is 41.2 Å². The van der Waals surface area contributed by atoms with Crippen molar-refractivity contribution in [2.24, 2.45) is 0 Å². The summed E-state index contributed by atoms with van der Waals surface area (Å²) in [7, 11) is 1.27. The highest BCUT2D eigenvalue weighted by atomic mass is 16.6. The van der Waals surface area contributed by atoms with Crippen molar-refractivity contribution in [3.8, 4) is 11.5 Å². The molecule has 0 aliphatic carbocycles. The zero-order valence-electron chi connectivity index (χ0n) is 12.3. The van der Waals surface area contributed by atoms with Gasteiger partial charge in [-0.15, -0.1) is 0 Å². The molecule has 1 rings (SSSR count). The number of carboxylic acids is 1. The maximum atomic E-state index is 11.6. The van der Waals surface area contributed by atoms with Gasteiger partial charge in [-0.05, 0) is 19.9 Å². The van der Waals surface area contributed by atoms with E-state index in [2.05, 4.69) is 5.32 Å². The zero-order chi connectivity index (χ0) is 16.9. The van der Waals surface area contributed by atoms with Crippen LogP contribution in [0.15, 0.2) is 18.2 Å². The summed E-state index contributed by atoms with van der Waals surface area (Å²) in [5.41, 5.74) is -1.65. The predicted molar refractivity (Wildman–Crippen MR) is 75.0 cm³/mol. The summed E-state index contributed by atoms with van der Waals surface area (Å²) in [5.74, 6) is -1.64. The maximum absolute atomic E-state index is 11.6. The summed E-state index contributed by atoms with van der Waals surface area (Å²) >= 11 is 0. The molecule has 120 valence electrons. The number of hydrogen-bond donors (Lipinski definition) is 2. The molecule has 0 saturated heterocycles. The molecule has 2 N–H and O–H groups in total. The number of nitro benzene ring substituents is 1. The lowest BCUT2D eigenvalue weighted by Crippen LogP contribution is -2.51. The van der Waals surface area contributed by atoms with Gasteiger partial charge in [-0.2, -0.15) is 0 Å². The fourth-order valence-corrected chi connectivity index (χ4v) is 1.49. The minimum Gasteiger partial charge on any atom is -0.490 e. The molecule has 0 fully saturated rings. The molecule has 22 heavy (non-hydrogen) atoms. The van der Waals surface area contributed by atoms with Crippen LogP contribution >= 0.6 is 0 Å². The Hall–Kier alpha value is -2.84. The predicted octanol–water partition coefficient (Wildman–Crippen LogP) is 0.962. The standard InChI is InChI=1S/C13H16N2O7/c1-13(2,12(17)18)14-11(16)7-22-8-4-5-9(15(19)20)10(6-8)21-3/h4-6H,7H2,1-3H3,(H,14,16)(H,17,18). The van der Waals surface area contributed by atoms with Crippen molar-refractivity contribution in [2.75, 3.05) is 13.7 Å². The molecule has 1 aromatic carbocycles. The molecule has 0 unspecified atom stereocenters. The number of amides is 1. The minimum atomic E-state index is -1.42. The lowest BCUT2D eigenvalue weighted by molar-refractivity contribution is -0.385. The molecule has 0 bridgehead atoms. The summed E-state index contributed by atoms with van der Waals surface area (Å²) in [6.07, 6.45) is 0. The number of carbonyl (C=O) groups is 2. The van der Waals surface area contributed by atoms with Gasteiger partial charge in [0.15, 0.2) is 6.61 Å². The summed E-state index contributed by atoms with van der Waals surface area (Å²) < 4.78 is 10.0. The van der Waals surface area contributed by atoms with Gasteiger partial charge in [0.05, 0.1) is 12.0 Å². The zero-order valence-corrected chi connectivity index (χ0v) is 12.3. The summed E-state index contributed by atoms with van der Waals surface area (Å²) in [5, 5.41) is 21.9. The molecule has 0 spiro atoms. The van der Waals surface area contributed by atoms with E-state index in [9.17, 15) is 19.7 Å². The van der Waals surface area contributed by atoms with Crippen LogP contribution in [-0.2, 0) is 9.59 Å². The largest absolute Gasteiger partial charge is 0.490 e. The Morgan fingerprint density at radius 2 is 2.05 bits per heavy atom. The molecule has 0 aliphatic heterocycles. The fraction of sp³-hybridized carbons (Fsp3) is 0.385. The Bertz CT molecular complexity index is 598. The van der Waals surface area contributed by atoms with Crippen molar-refractivity contribution in [1.29, 1.82) is 0 Å². The maximum Gasteiger partial charge on any atom is 0.328 e. The van der Waals surface area contributed by atoms with E-state index in [1.54, 1.807) is 0 Å². The first-order valence-corrected chi connectivity index (χ1v) is 6.17. The van der Waals surface area contributed by atoms with Crippen LogP contribution in [0.25, 0.3) is 0 Å². The molecule has 9 heteroatoms. The third-order valence-electron chi connectivity index (χ3n) is 2.70. The van der Waals surface area contributed by atoms with Crippen molar-refractivity contribution in [2.45, 2.75) is 19.4 Å². The van der Waals surface area contributed by atoms with E-state index in [1.165, 1.54) is 39.2 Å². The Labute approximate surface area is 126 Å². The third kappa shape index (κ3) is 4.33. The van der Waals surface area contributed by atoms with Gasteiger partial charge >= 0.3 is 11.7 Å². The van der Waals surface area contributed by atoms with Crippen molar-refractivity contribution < 1.29 is 29.1 Å². The van der Waals surface area contributed by atoms with Gasteiger partial charge in [-0.25, -0.2) is 4.79 Å². The number of carboxylic acid groups (broad SMARTS) is 1. The smallest absolute Gasteiger partial charge is 0.328 e. The number of ether oxygens (including phenoxy) is 2. The van der Waals surface area contributed by atoms with Crippen molar-refractivity contribution in [3.05, 3.63) is 28.3 Å². The quantitative estimate of drug-likeness (QED) is 0.567. The van der Waals surface area contributed by atoms with Crippen LogP contribution in [0.2, 0.25) is 0 Å². The lowest BCUT2D eigenvalue weighted by atomic mass is 10.1. The Balaban J connectivity index is 2.71. The highest BCUT2D eigenvalue weighted by Crippen LogP contribution is 2.30. The Morgan fingerprint density at radius 1 is 1.41 bits per heavy atom. The monoisotopic (exact) mass is 312 g/mol. The molecular weight excluding hydrogens is 296 g/mol. The van der Waals surface area contributed by atoms with Crippen molar-refractivity contribution in [3.63, 3.8) is 0 Å². The molecular formula is C13H16N2O7. The number of nitro groups is 1. The number of methoxy groups -OCH3 is 1. The van der Waals surface area contributed by atoms with E-state index in [0.717, 1.165) is 0 Å². The molecule has 1 aromatic rings. The highest BCUT2D eigenvalue weighted by Gasteiger charge is 2.29. The van der Waals surface area contributed by atoms with E-state index >= 15 is 0 Å². The number of aliphatic carboxylic acids is 1. The van der Waals surface area contributed by atoms with Gasteiger partial charge in [0.2, 0.25) is 5.75 Å². The van der Waals surface area contributed by atoms with E-state index in [4.69, 9.17) is 14.6 Å². The van der Waals surface area contributed by atoms with Crippen LogP contribution in [0.5, 0.6) is 11.5 Å². The second-order valence-corrected chi connectivity index (χ2v) is 4.86. The van der Waals surface area contributed by atoms with E-state index in [-0.39, 0.29) is 17.2 Å². The number of rotatable bonds is 7. The minimum absolute atomic E-state index is 0.00576. The molecule has 0 aromatic heterocycles. The van der Waals surface area contributed by atoms with Crippen LogP contribution < -0.4 is 14.8 Å². The number of hydrogen-bond acceptors (Lipinski definition) is 6. The van der Waals surface area contributed by atoms with Crippen LogP contribution in [0, 0.1) is 10.1 Å². The van der Waals surface area contributed by atoms with Crippen LogP contribution in [0.3, 0.4) is 0 Å². The van der Waals surface area contributed by atoms with Gasteiger partial charge in [-0.3, -0.25) is 14.9 Å². The third-order valence-corrected chi connectivity index (χ3v) is 2.70. The topological polar surface area (TPSA) is 128 Å². The molecule has 0 saturated carbocycles. The van der Waals surface area contributed by atoms with Crippen LogP contribution in [0.1, 0.15) is 13.8 Å². The number of benzene rings is 1. The van der Waals surface area contributed by atoms with Crippen molar-refractivity contribution >= 4 is 17.6 Å². The van der Waals surface area contributed by atoms with Crippen molar-refractivity contribution in [1.82, 2.24) is 5.32 Å². The Morgan fingerprint density at radius 3 is 2.55 bits per heavy atom.